The van der Waals surface area contributed by atoms with E-state index in [1.54, 1.807) is 18.2 Å². The lowest BCUT2D eigenvalue weighted by Gasteiger charge is -2.16. The first-order valence-electron chi connectivity index (χ1n) is 6.04. The highest BCUT2D eigenvalue weighted by Gasteiger charge is 2.38. The second-order valence-corrected chi connectivity index (χ2v) is 8.07. The van der Waals surface area contributed by atoms with Gasteiger partial charge in [0.25, 0.3) is 0 Å². The predicted molar refractivity (Wildman–Crippen MR) is 83.2 cm³/mol. The third-order valence-electron chi connectivity index (χ3n) is 3.48. The number of halogens is 2. The number of nitrogens with one attached hydrogen (secondary N) is 1. The molecule has 0 saturated heterocycles. The van der Waals surface area contributed by atoms with Crippen molar-refractivity contribution >= 4 is 49.7 Å². The second-order valence-electron chi connectivity index (χ2n) is 4.99. The van der Waals surface area contributed by atoms with E-state index < -0.39 is 15.2 Å². The quantitative estimate of drug-likeness (QED) is 0.647. The van der Waals surface area contributed by atoms with Crippen LogP contribution < -0.4 is 5.32 Å². The van der Waals surface area contributed by atoms with Gasteiger partial charge in [0, 0.05) is 30.4 Å². The standard InChI is InChI=1S/C13H12Cl2N2O3S/c1-17(2)21(19,20)10-6-9(14)12-11-7(10)4-3-5-8(11)13(15,18)16-12/h3-6,16,18H,1-2H3. The highest BCUT2D eigenvalue weighted by molar-refractivity contribution is 7.89. The van der Waals surface area contributed by atoms with Crippen LogP contribution in [0.4, 0.5) is 5.69 Å². The van der Waals surface area contributed by atoms with E-state index in [-0.39, 0.29) is 9.92 Å². The van der Waals surface area contributed by atoms with Gasteiger partial charge in [0.2, 0.25) is 15.2 Å². The molecule has 2 aromatic rings. The third-order valence-corrected chi connectivity index (χ3v) is 5.93. The van der Waals surface area contributed by atoms with Crippen LogP contribution in [0.25, 0.3) is 10.8 Å². The molecule has 1 heterocycles. The molecule has 0 fully saturated rings. The van der Waals surface area contributed by atoms with E-state index in [1.807, 2.05) is 0 Å². The van der Waals surface area contributed by atoms with Crippen molar-refractivity contribution in [3.05, 3.63) is 34.9 Å². The third kappa shape index (κ3) is 2.02. The summed E-state index contributed by atoms with van der Waals surface area (Å²) >= 11 is 12.2. The number of hydrogen-bond donors (Lipinski definition) is 2. The van der Waals surface area contributed by atoms with Crippen LogP contribution in [0.2, 0.25) is 5.02 Å². The zero-order chi connectivity index (χ0) is 15.6. The molecule has 1 aliphatic heterocycles. The van der Waals surface area contributed by atoms with Gasteiger partial charge in [-0.2, -0.15) is 0 Å². The first kappa shape index (κ1) is 14.9. The van der Waals surface area contributed by atoms with Crippen molar-refractivity contribution in [1.82, 2.24) is 4.31 Å². The Morgan fingerprint density at radius 1 is 1.33 bits per heavy atom. The number of nitrogens with zero attached hydrogens (tertiary/aromatic N) is 1. The van der Waals surface area contributed by atoms with Crippen LogP contribution in [-0.4, -0.2) is 31.9 Å². The number of rotatable bonds is 2. The maximum atomic E-state index is 12.5. The van der Waals surface area contributed by atoms with Gasteiger partial charge in [0.15, 0.2) is 0 Å². The maximum absolute atomic E-state index is 12.5. The molecule has 3 rings (SSSR count). The molecule has 21 heavy (non-hydrogen) atoms. The molecule has 2 aromatic carbocycles. The van der Waals surface area contributed by atoms with E-state index in [9.17, 15) is 13.5 Å². The SMILES string of the molecule is CN(C)S(=O)(=O)c1cc(Cl)c2c3c(cccc13)C(O)(Cl)N2. The van der Waals surface area contributed by atoms with Crippen LogP contribution in [0.1, 0.15) is 5.56 Å². The van der Waals surface area contributed by atoms with E-state index in [0.717, 1.165) is 4.31 Å². The van der Waals surface area contributed by atoms with Gasteiger partial charge in [0.1, 0.15) is 0 Å². The minimum atomic E-state index is -3.67. The second kappa shape index (κ2) is 4.47. The van der Waals surface area contributed by atoms with Gasteiger partial charge in [0.05, 0.1) is 15.6 Å². The molecule has 0 aromatic heterocycles. The van der Waals surface area contributed by atoms with E-state index in [4.69, 9.17) is 23.2 Å². The molecule has 0 spiro atoms. The summed E-state index contributed by atoms with van der Waals surface area (Å²) in [4.78, 5) is 0.0780. The van der Waals surface area contributed by atoms with Crippen LogP contribution in [0.5, 0.6) is 0 Å². The summed E-state index contributed by atoms with van der Waals surface area (Å²) in [5, 5.41) is 12.3. The van der Waals surface area contributed by atoms with Crippen LogP contribution in [0.3, 0.4) is 0 Å². The summed E-state index contributed by atoms with van der Waals surface area (Å²) in [6.07, 6.45) is 0. The predicted octanol–water partition coefficient (Wildman–Crippen LogP) is 2.51. The van der Waals surface area contributed by atoms with E-state index >= 15 is 0 Å². The highest BCUT2D eigenvalue weighted by Crippen LogP contribution is 2.48. The van der Waals surface area contributed by atoms with Crippen LogP contribution in [0.15, 0.2) is 29.2 Å². The first-order valence-corrected chi connectivity index (χ1v) is 8.23. The van der Waals surface area contributed by atoms with Gasteiger partial charge in [-0.15, -0.1) is 0 Å². The Kier molecular flexibility index (Phi) is 3.17. The molecule has 1 atom stereocenters. The lowest BCUT2D eigenvalue weighted by Crippen LogP contribution is -2.23. The van der Waals surface area contributed by atoms with Crippen molar-refractivity contribution < 1.29 is 13.5 Å². The summed E-state index contributed by atoms with van der Waals surface area (Å²) in [5.41, 5.74) is 0.812. The summed E-state index contributed by atoms with van der Waals surface area (Å²) in [7, 11) is -0.779. The minimum Gasteiger partial charge on any atom is -0.355 e. The van der Waals surface area contributed by atoms with Crippen LogP contribution >= 0.6 is 23.2 Å². The monoisotopic (exact) mass is 346 g/mol. The Hall–Kier alpha value is -1.05. The van der Waals surface area contributed by atoms with Crippen LogP contribution in [0, 0.1) is 0 Å². The summed E-state index contributed by atoms with van der Waals surface area (Å²) in [6, 6.07) is 6.30. The van der Waals surface area contributed by atoms with Gasteiger partial charge >= 0.3 is 0 Å². The molecule has 0 aliphatic carbocycles. The molecule has 112 valence electrons. The molecular formula is C13H12Cl2N2O3S. The van der Waals surface area contributed by atoms with E-state index in [1.165, 1.54) is 20.2 Å². The molecule has 5 nitrogen and oxygen atoms in total. The van der Waals surface area contributed by atoms with Crippen molar-refractivity contribution in [2.75, 3.05) is 19.4 Å². The average molecular weight is 347 g/mol. The first-order chi connectivity index (χ1) is 9.66. The normalized spacial score (nSPS) is 21.0. The lowest BCUT2D eigenvalue weighted by molar-refractivity contribution is 0.165. The maximum Gasteiger partial charge on any atom is 0.243 e. The number of alkyl halides is 1. The molecule has 1 aliphatic rings. The molecule has 0 amide bonds. The van der Waals surface area contributed by atoms with Crippen LogP contribution in [-0.2, 0) is 15.2 Å². The lowest BCUT2D eigenvalue weighted by atomic mass is 10.1. The Bertz CT molecular complexity index is 863. The Balaban J connectivity index is 2.48. The Morgan fingerprint density at radius 3 is 2.62 bits per heavy atom. The van der Waals surface area contributed by atoms with Gasteiger partial charge in [-0.1, -0.05) is 41.4 Å². The number of anilines is 1. The fourth-order valence-electron chi connectivity index (χ4n) is 2.45. The fourth-order valence-corrected chi connectivity index (χ4v) is 4.13. The summed E-state index contributed by atoms with van der Waals surface area (Å²) in [5.74, 6) is 0. The molecule has 0 saturated carbocycles. The topological polar surface area (TPSA) is 69.6 Å². The van der Waals surface area contributed by atoms with Gasteiger partial charge in [-0.3, -0.25) is 0 Å². The molecule has 8 heteroatoms. The zero-order valence-corrected chi connectivity index (χ0v) is 13.5. The Labute approximate surface area is 132 Å². The van der Waals surface area contributed by atoms with Crippen molar-refractivity contribution in [3.8, 4) is 0 Å². The minimum absolute atomic E-state index is 0.0780. The van der Waals surface area contributed by atoms with Crippen molar-refractivity contribution in [3.63, 3.8) is 0 Å². The zero-order valence-electron chi connectivity index (χ0n) is 11.2. The number of hydrogen-bond acceptors (Lipinski definition) is 4. The summed E-state index contributed by atoms with van der Waals surface area (Å²) in [6.45, 7) is 0. The van der Waals surface area contributed by atoms with E-state index in [2.05, 4.69) is 5.32 Å². The fraction of sp³-hybridized carbons (Fsp3) is 0.231. The number of aliphatic hydroxyl groups is 1. The number of sulfonamides is 1. The van der Waals surface area contributed by atoms with Crippen molar-refractivity contribution in [1.29, 1.82) is 0 Å². The van der Waals surface area contributed by atoms with Crippen molar-refractivity contribution in [2.45, 2.75) is 10.1 Å². The van der Waals surface area contributed by atoms with Crippen molar-refractivity contribution in [2.24, 2.45) is 0 Å². The molecule has 1 unspecified atom stereocenters. The van der Waals surface area contributed by atoms with Gasteiger partial charge in [-0.05, 0) is 6.07 Å². The highest BCUT2D eigenvalue weighted by atomic mass is 35.5. The number of benzene rings is 2. The van der Waals surface area contributed by atoms with Gasteiger partial charge < -0.3 is 10.4 Å². The smallest absolute Gasteiger partial charge is 0.243 e. The molecule has 2 N–H and O–H groups in total. The Morgan fingerprint density at radius 2 is 2.00 bits per heavy atom. The summed E-state index contributed by atoms with van der Waals surface area (Å²) < 4.78 is 26.0. The molecule has 0 bridgehead atoms. The molecular weight excluding hydrogens is 335 g/mol. The van der Waals surface area contributed by atoms with Gasteiger partial charge in [-0.25, -0.2) is 12.7 Å². The average Bonchev–Trinajstić information content (AvgIpc) is 2.67. The largest absolute Gasteiger partial charge is 0.355 e. The molecule has 0 radical (unpaired) electrons. The van der Waals surface area contributed by atoms with E-state index in [0.29, 0.717) is 22.0 Å².